The largest absolute Gasteiger partial charge is 0.481 e. The minimum Gasteiger partial charge on any atom is -0.481 e. The average molecular weight is 264 g/mol. The smallest absolute Gasteiger partial charge is 0.304 e. The summed E-state index contributed by atoms with van der Waals surface area (Å²) in [5.41, 5.74) is 1.40. The van der Waals surface area contributed by atoms with E-state index in [9.17, 15) is 4.79 Å². The number of carbonyl (C=O) groups is 1. The van der Waals surface area contributed by atoms with Crippen LogP contribution in [0.25, 0.3) is 10.6 Å². The molecule has 2 rings (SSSR count). The fourth-order valence-corrected chi connectivity index (χ4v) is 2.67. The van der Waals surface area contributed by atoms with Crippen molar-refractivity contribution in [2.24, 2.45) is 0 Å². The Kier molecular flexibility index (Phi) is 3.26. The zero-order chi connectivity index (χ0) is 13.3. The van der Waals surface area contributed by atoms with Crippen LogP contribution in [-0.4, -0.2) is 21.0 Å². The number of nitrogens with one attached hydrogen (secondary N) is 1. The van der Waals surface area contributed by atoms with Gasteiger partial charge in [-0.25, -0.2) is 4.98 Å². The molecular formula is C13H16N2O2S. The van der Waals surface area contributed by atoms with E-state index in [2.05, 4.69) is 9.97 Å². The molecule has 0 aliphatic heterocycles. The van der Waals surface area contributed by atoms with Crippen LogP contribution in [0.2, 0.25) is 0 Å². The van der Waals surface area contributed by atoms with Crippen LogP contribution in [0.3, 0.4) is 0 Å². The predicted molar refractivity (Wildman–Crippen MR) is 71.9 cm³/mol. The van der Waals surface area contributed by atoms with Crippen LogP contribution in [-0.2, 0) is 10.2 Å². The van der Waals surface area contributed by atoms with Gasteiger partial charge in [-0.05, 0) is 18.4 Å². The van der Waals surface area contributed by atoms with E-state index in [4.69, 9.17) is 5.11 Å². The number of aromatic nitrogens is 2. The Morgan fingerprint density at radius 2 is 2.28 bits per heavy atom. The number of imidazole rings is 1. The molecule has 5 heteroatoms. The third-order valence-corrected chi connectivity index (χ3v) is 3.75. The van der Waals surface area contributed by atoms with Gasteiger partial charge in [0.1, 0.15) is 11.5 Å². The summed E-state index contributed by atoms with van der Waals surface area (Å²) < 4.78 is 0. The molecular weight excluding hydrogens is 248 g/mol. The van der Waals surface area contributed by atoms with E-state index in [1.54, 1.807) is 11.3 Å². The zero-order valence-electron chi connectivity index (χ0n) is 10.7. The number of carboxylic acid groups (broad SMARTS) is 1. The second-order valence-corrected chi connectivity index (χ2v) is 5.94. The Morgan fingerprint density at radius 1 is 1.56 bits per heavy atom. The summed E-state index contributed by atoms with van der Waals surface area (Å²) in [4.78, 5) is 19.7. The molecule has 0 atom stereocenters. The number of H-pyrrole nitrogens is 1. The van der Waals surface area contributed by atoms with Crippen LogP contribution < -0.4 is 0 Å². The minimum absolute atomic E-state index is 0.0594. The normalized spacial score (nSPS) is 11.7. The molecule has 0 aliphatic rings. The highest BCUT2D eigenvalue weighted by Gasteiger charge is 2.28. The number of aryl methyl sites for hydroxylation is 1. The van der Waals surface area contributed by atoms with Crippen molar-refractivity contribution in [1.82, 2.24) is 9.97 Å². The van der Waals surface area contributed by atoms with E-state index >= 15 is 0 Å². The Morgan fingerprint density at radius 3 is 2.83 bits per heavy atom. The van der Waals surface area contributed by atoms with E-state index in [-0.39, 0.29) is 6.42 Å². The molecule has 0 aliphatic carbocycles. The number of nitrogens with zero attached hydrogens (tertiary/aromatic N) is 1. The summed E-state index contributed by atoms with van der Waals surface area (Å²) in [5, 5.41) is 10.9. The summed E-state index contributed by atoms with van der Waals surface area (Å²) >= 11 is 1.63. The molecule has 96 valence electrons. The number of thiophene rings is 1. The molecule has 0 spiro atoms. The lowest BCUT2D eigenvalue weighted by Crippen LogP contribution is -2.23. The first-order valence-corrected chi connectivity index (χ1v) is 6.61. The topological polar surface area (TPSA) is 66.0 Å². The average Bonchev–Trinajstić information content (AvgIpc) is 2.83. The van der Waals surface area contributed by atoms with Gasteiger partial charge in [-0.1, -0.05) is 19.9 Å². The van der Waals surface area contributed by atoms with Gasteiger partial charge in [-0.3, -0.25) is 4.79 Å². The highest BCUT2D eigenvalue weighted by molar-refractivity contribution is 7.13. The Bertz CT molecular complexity index is 556. The first-order valence-electron chi connectivity index (χ1n) is 5.73. The van der Waals surface area contributed by atoms with Gasteiger partial charge in [0.15, 0.2) is 0 Å². The van der Waals surface area contributed by atoms with Crippen LogP contribution in [0, 0.1) is 6.92 Å². The first-order chi connectivity index (χ1) is 8.40. The standard InChI is InChI=1S/C13H16N2O2S/c1-8-11(9-5-4-6-18-9)15-12(14-8)13(2,3)7-10(16)17/h4-6H,7H2,1-3H3,(H,14,15)(H,16,17). The van der Waals surface area contributed by atoms with E-state index in [0.29, 0.717) is 0 Å². The van der Waals surface area contributed by atoms with Crippen molar-refractivity contribution in [2.45, 2.75) is 32.6 Å². The van der Waals surface area contributed by atoms with Crippen molar-refractivity contribution >= 4 is 17.3 Å². The number of aliphatic carboxylic acids is 1. The van der Waals surface area contributed by atoms with Gasteiger partial charge in [0.25, 0.3) is 0 Å². The highest BCUT2D eigenvalue weighted by atomic mass is 32.1. The molecule has 18 heavy (non-hydrogen) atoms. The maximum absolute atomic E-state index is 10.9. The number of hydrogen-bond acceptors (Lipinski definition) is 3. The van der Waals surface area contributed by atoms with Crippen molar-refractivity contribution < 1.29 is 9.90 Å². The van der Waals surface area contributed by atoms with Gasteiger partial charge < -0.3 is 10.1 Å². The van der Waals surface area contributed by atoms with Crippen LogP contribution >= 0.6 is 11.3 Å². The summed E-state index contributed by atoms with van der Waals surface area (Å²) in [6.45, 7) is 5.73. The van der Waals surface area contributed by atoms with Gasteiger partial charge in [-0.15, -0.1) is 11.3 Å². The second kappa shape index (κ2) is 4.57. The Hall–Kier alpha value is -1.62. The van der Waals surface area contributed by atoms with Crippen LogP contribution in [0.4, 0.5) is 0 Å². The van der Waals surface area contributed by atoms with Crippen molar-refractivity contribution in [3.8, 4) is 10.6 Å². The van der Waals surface area contributed by atoms with Gasteiger partial charge in [-0.2, -0.15) is 0 Å². The molecule has 2 aromatic rings. The lowest BCUT2D eigenvalue weighted by atomic mass is 9.88. The molecule has 4 nitrogen and oxygen atoms in total. The quantitative estimate of drug-likeness (QED) is 0.891. The fourth-order valence-electron chi connectivity index (χ4n) is 1.90. The molecule has 2 N–H and O–H groups in total. The van der Waals surface area contributed by atoms with Gasteiger partial charge in [0, 0.05) is 11.1 Å². The molecule has 0 amide bonds. The van der Waals surface area contributed by atoms with Gasteiger partial charge in [0.05, 0.1) is 11.3 Å². The number of aromatic amines is 1. The van der Waals surface area contributed by atoms with E-state index < -0.39 is 11.4 Å². The zero-order valence-corrected chi connectivity index (χ0v) is 11.5. The van der Waals surface area contributed by atoms with Gasteiger partial charge in [0.2, 0.25) is 0 Å². The van der Waals surface area contributed by atoms with Crippen LogP contribution in [0.5, 0.6) is 0 Å². The fraction of sp³-hybridized carbons (Fsp3) is 0.385. The van der Waals surface area contributed by atoms with Crippen LogP contribution in [0.15, 0.2) is 17.5 Å². The summed E-state index contributed by atoms with van der Waals surface area (Å²) in [6.07, 6.45) is 0.0594. The predicted octanol–water partition coefficient (Wildman–Crippen LogP) is 3.20. The summed E-state index contributed by atoms with van der Waals surface area (Å²) in [6, 6.07) is 4.00. The van der Waals surface area contributed by atoms with Crippen molar-refractivity contribution in [2.75, 3.05) is 0 Å². The molecule has 0 bridgehead atoms. The van der Waals surface area contributed by atoms with Gasteiger partial charge >= 0.3 is 5.97 Å². The Labute approximate surface area is 110 Å². The number of carboxylic acids is 1. The minimum atomic E-state index is -0.813. The van der Waals surface area contributed by atoms with Crippen molar-refractivity contribution in [1.29, 1.82) is 0 Å². The lowest BCUT2D eigenvalue weighted by molar-refractivity contribution is -0.138. The van der Waals surface area contributed by atoms with E-state index in [1.165, 1.54) is 0 Å². The highest BCUT2D eigenvalue weighted by Crippen LogP contribution is 2.31. The SMILES string of the molecule is Cc1[nH]c(C(C)(C)CC(=O)O)nc1-c1cccs1. The molecule has 0 saturated carbocycles. The Balaban J connectivity index is 2.37. The first kappa shape index (κ1) is 12.8. The molecule has 0 radical (unpaired) electrons. The molecule has 2 heterocycles. The maximum Gasteiger partial charge on any atom is 0.304 e. The second-order valence-electron chi connectivity index (χ2n) is 4.99. The lowest BCUT2D eigenvalue weighted by Gasteiger charge is -2.19. The van der Waals surface area contributed by atoms with Crippen molar-refractivity contribution in [3.63, 3.8) is 0 Å². The summed E-state index contributed by atoms with van der Waals surface area (Å²) in [5.74, 6) is -0.0856. The third-order valence-electron chi connectivity index (χ3n) is 2.87. The molecule has 0 aromatic carbocycles. The molecule has 0 fully saturated rings. The molecule has 0 saturated heterocycles. The number of hydrogen-bond donors (Lipinski definition) is 2. The van der Waals surface area contributed by atoms with E-state index in [1.807, 2.05) is 38.3 Å². The molecule has 2 aromatic heterocycles. The monoisotopic (exact) mass is 264 g/mol. The molecule has 0 unspecified atom stereocenters. The third kappa shape index (κ3) is 2.46. The number of rotatable bonds is 4. The summed E-state index contributed by atoms with van der Waals surface area (Å²) in [7, 11) is 0. The van der Waals surface area contributed by atoms with Crippen molar-refractivity contribution in [3.05, 3.63) is 29.0 Å². The maximum atomic E-state index is 10.9. The van der Waals surface area contributed by atoms with E-state index in [0.717, 1.165) is 22.1 Å². The van der Waals surface area contributed by atoms with Crippen LogP contribution in [0.1, 0.15) is 31.8 Å².